The van der Waals surface area contributed by atoms with Gasteiger partial charge < -0.3 is 14.4 Å². The van der Waals surface area contributed by atoms with Gasteiger partial charge in [0.15, 0.2) is 0 Å². The Hall–Kier alpha value is -2.29. The maximum absolute atomic E-state index is 12.4. The molecular formula is C23H28IN3O3. The van der Waals surface area contributed by atoms with Gasteiger partial charge >= 0.3 is 0 Å². The van der Waals surface area contributed by atoms with E-state index in [4.69, 9.17) is 9.47 Å². The molecule has 1 aliphatic rings. The lowest BCUT2D eigenvalue weighted by Gasteiger charge is -2.45. The number of hydrogen-bond donors (Lipinski definition) is 1. The van der Waals surface area contributed by atoms with Gasteiger partial charge in [-0.05, 0) is 78.6 Å². The molecule has 1 atom stereocenters. The number of nitrogens with zero attached hydrogens (tertiary/aromatic N) is 2. The van der Waals surface area contributed by atoms with E-state index >= 15 is 0 Å². The quantitative estimate of drug-likeness (QED) is 0.349. The smallest absolute Gasteiger partial charge is 0.271 e. The minimum Gasteiger partial charge on any atom is -0.496 e. The lowest BCUT2D eigenvalue weighted by Crippen LogP contribution is -2.45. The molecule has 0 aromatic heterocycles. The molecule has 0 radical (unpaired) electrons. The Bertz CT molecular complexity index is 988. The Morgan fingerprint density at radius 2 is 1.93 bits per heavy atom. The maximum Gasteiger partial charge on any atom is 0.271 e. The van der Waals surface area contributed by atoms with Gasteiger partial charge in [0.1, 0.15) is 11.5 Å². The normalized spacial score (nSPS) is 17.6. The molecule has 2 aromatic carbocycles. The minimum atomic E-state index is -0.298. The van der Waals surface area contributed by atoms with Crippen molar-refractivity contribution in [3.05, 3.63) is 50.6 Å². The molecule has 7 heteroatoms. The molecule has 0 aliphatic carbocycles. The Kier molecular flexibility index (Phi) is 6.59. The molecule has 160 valence electrons. The van der Waals surface area contributed by atoms with E-state index in [1.807, 2.05) is 6.07 Å². The molecule has 6 nitrogen and oxygen atoms in total. The Morgan fingerprint density at radius 3 is 2.60 bits per heavy atom. The molecule has 1 unspecified atom stereocenters. The van der Waals surface area contributed by atoms with Crippen molar-refractivity contribution >= 4 is 40.4 Å². The standard InChI is InChI=1S/C23H28IN3O3/c1-14-12-23(2,3)27(4)19-11-20(29-5)16(9-17(14)19)13-25-26-22(28)15-7-8-18(24)21(10-15)30-6/h7-11,13-14H,12H2,1-6H3,(H,26,28)/b25-13+. The summed E-state index contributed by atoms with van der Waals surface area (Å²) in [5.41, 5.74) is 6.41. The van der Waals surface area contributed by atoms with Crippen LogP contribution >= 0.6 is 22.6 Å². The van der Waals surface area contributed by atoms with Crippen molar-refractivity contribution in [3.8, 4) is 11.5 Å². The summed E-state index contributed by atoms with van der Waals surface area (Å²) in [4.78, 5) is 14.8. The largest absolute Gasteiger partial charge is 0.496 e. The van der Waals surface area contributed by atoms with Crippen molar-refractivity contribution in [2.45, 2.75) is 38.6 Å². The molecule has 0 spiro atoms. The molecule has 1 N–H and O–H groups in total. The van der Waals surface area contributed by atoms with Crippen LogP contribution in [-0.2, 0) is 0 Å². The number of nitrogens with one attached hydrogen (secondary N) is 1. The van der Waals surface area contributed by atoms with Crippen LogP contribution in [-0.4, -0.2) is 38.9 Å². The fraction of sp³-hybridized carbons (Fsp3) is 0.391. The summed E-state index contributed by atoms with van der Waals surface area (Å²) in [5, 5.41) is 4.17. The second kappa shape index (κ2) is 8.83. The number of carbonyl (C=O) groups excluding carboxylic acids is 1. The number of methoxy groups -OCH3 is 2. The number of fused-ring (bicyclic) bond motifs is 1. The predicted octanol–water partition coefficient (Wildman–Crippen LogP) is 4.79. The van der Waals surface area contributed by atoms with Crippen LogP contribution in [0.2, 0.25) is 0 Å². The van der Waals surface area contributed by atoms with Crippen LogP contribution in [0.5, 0.6) is 11.5 Å². The average molecular weight is 521 g/mol. The summed E-state index contributed by atoms with van der Waals surface area (Å²) in [5.74, 6) is 1.50. The predicted molar refractivity (Wildman–Crippen MR) is 129 cm³/mol. The third kappa shape index (κ3) is 4.40. The minimum absolute atomic E-state index is 0.0789. The summed E-state index contributed by atoms with van der Waals surface area (Å²) in [6.07, 6.45) is 2.69. The zero-order chi connectivity index (χ0) is 22.1. The molecule has 1 aliphatic heterocycles. The second-order valence-corrected chi connectivity index (χ2v) is 9.34. The molecular weight excluding hydrogens is 493 g/mol. The SMILES string of the molecule is COc1cc(C(=O)N/N=C/c2cc3c(cc2OC)N(C)C(C)(C)CC3C)ccc1I. The highest BCUT2D eigenvalue weighted by molar-refractivity contribution is 14.1. The number of ether oxygens (including phenoxy) is 2. The van der Waals surface area contributed by atoms with Crippen molar-refractivity contribution in [3.63, 3.8) is 0 Å². The van der Waals surface area contributed by atoms with E-state index in [2.05, 4.69) is 78.0 Å². The molecule has 3 rings (SSSR count). The number of rotatable bonds is 5. The van der Waals surface area contributed by atoms with E-state index in [9.17, 15) is 4.79 Å². The van der Waals surface area contributed by atoms with Crippen LogP contribution in [0.4, 0.5) is 5.69 Å². The Labute approximate surface area is 191 Å². The van der Waals surface area contributed by atoms with E-state index in [1.54, 1.807) is 32.6 Å². The molecule has 0 saturated heterocycles. The van der Waals surface area contributed by atoms with Gasteiger partial charge in [0.25, 0.3) is 5.91 Å². The van der Waals surface area contributed by atoms with E-state index in [0.29, 0.717) is 17.2 Å². The Morgan fingerprint density at radius 1 is 1.23 bits per heavy atom. The number of benzene rings is 2. The fourth-order valence-electron chi connectivity index (χ4n) is 3.91. The van der Waals surface area contributed by atoms with Gasteiger partial charge in [-0.25, -0.2) is 5.43 Å². The lowest BCUT2D eigenvalue weighted by atomic mass is 9.80. The van der Waals surface area contributed by atoms with E-state index in [0.717, 1.165) is 21.3 Å². The van der Waals surface area contributed by atoms with Gasteiger partial charge in [0.05, 0.1) is 24.0 Å². The third-order valence-electron chi connectivity index (χ3n) is 5.77. The van der Waals surface area contributed by atoms with E-state index in [1.165, 1.54) is 11.3 Å². The van der Waals surface area contributed by atoms with Gasteiger partial charge in [-0.1, -0.05) is 6.92 Å². The number of hydrazone groups is 1. The number of carbonyl (C=O) groups is 1. The summed E-state index contributed by atoms with van der Waals surface area (Å²) in [6.45, 7) is 6.75. The molecule has 1 amide bonds. The van der Waals surface area contributed by atoms with Crippen molar-refractivity contribution in [2.75, 3.05) is 26.2 Å². The van der Waals surface area contributed by atoms with Gasteiger partial charge in [-0.15, -0.1) is 0 Å². The fourth-order valence-corrected chi connectivity index (χ4v) is 4.47. The van der Waals surface area contributed by atoms with Crippen molar-refractivity contribution in [1.29, 1.82) is 0 Å². The monoisotopic (exact) mass is 521 g/mol. The zero-order valence-corrected chi connectivity index (χ0v) is 20.4. The van der Waals surface area contributed by atoms with Gasteiger partial charge in [-0.3, -0.25) is 4.79 Å². The molecule has 0 bridgehead atoms. The molecule has 0 saturated carbocycles. The average Bonchev–Trinajstić information content (AvgIpc) is 2.71. The number of amides is 1. The van der Waals surface area contributed by atoms with Crippen LogP contribution in [0.1, 0.15) is 54.6 Å². The first-order chi connectivity index (χ1) is 14.2. The zero-order valence-electron chi connectivity index (χ0n) is 18.2. The first-order valence-corrected chi connectivity index (χ1v) is 10.9. The summed E-state index contributed by atoms with van der Waals surface area (Å²) in [6, 6.07) is 9.44. The molecule has 1 heterocycles. The molecule has 0 fully saturated rings. The highest BCUT2D eigenvalue weighted by Crippen LogP contribution is 2.44. The highest BCUT2D eigenvalue weighted by Gasteiger charge is 2.34. The van der Waals surface area contributed by atoms with Gasteiger partial charge in [0.2, 0.25) is 0 Å². The van der Waals surface area contributed by atoms with Crippen LogP contribution in [0.3, 0.4) is 0 Å². The van der Waals surface area contributed by atoms with Crippen molar-refractivity contribution in [1.82, 2.24) is 5.43 Å². The second-order valence-electron chi connectivity index (χ2n) is 8.18. The molecule has 2 aromatic rings. The topological polar surface area (TPSA) is 63.2 Å². The third-order valence-corrected chi connectivity index (χ3v) is 6.66. The van der Waals surface area contributed by atoms with E-state index in [-0.39, 0.29) is 11.4 Å². The van der Waals surface area contributed by atoms with Crippen LogP contribution in [0, 0.1) is 3.57 Å². The molecule has 30 heavy (non-hydrogen) atoms. The first kappa shape index (κ1) is 22.4. The summed E-state index contributed by atoms with van der Waals surface area (Å²) < 4.78 is 11.8. The maximum atomic E-state index is 12.4. The number of halogens is 1. The van der Waals surface area contributed by atoms with Crippen LogP contribution < -0.4 is 19.8 Å². The number of hydrogen-bond acceptors (Lipinski definition) is 5. The van der Waals surface area contributed by atoms with E-state index < -0.39 is 0 Å². The Balaban J connectivity index is 1.84. The first-order valence-electron chi connectivity index (χ1n) is 9.80. The van der Waals surface area contributed by atoms with Gasteiger partial charge in [-0.2, -0.15) is 5.10 Å². The van der Waals surface area contributed by atoms with Crippen LogP contribution in [0.25, 0.3) is 0 Å². The lowest BCUT2D eigenvalue weighted by molar-refractivity contribution is 0.0954. The number of anilines is 1. The summed E-state index contributed by atoms with van der Waals surface area (Å²) in [7, 11) is 5.35. The van der Waals surface area contributed by atoms with Gasteiger partial charge in [0, 0.05) is 35.5 Å². The summed E-state index contributed by atoms with van der Waals surface area (Å²) >= 11 is 2.16. The van der Waals surface area contributed by atoms with Crippen molar-refractivity contribution in [2.24, 2.45) is 5.10 Å². The van der Waals surface area contributed by atoms with Crippen molar-refractivity contribution < 1.29 is 14.3 Å². The highest BCUT2D eigenvalue weighted by atomic mass is 127. The van der Waals surface area contributed by atoms with Crippen LogP contribution in [0.15, 0.2) is 35.4 Å².